The number of benzene rings is 1. The smallest absolute Gasteiger partial charge is 0.0589 e. The van der Waals surface area contributed by atoms with Gasteiger partial charge in [-0.3, -0.25) is 9.88 Å². The van der Waals surface area contributed by atoms with Gasteiger partial charge in [-0.2, -0.15) is 0 Å². The van der Waals surface area contributed by atoms with Crippen molar-refractivity contribution >= 4 is 0 Å². The third-order valence-corrected chi connectivity index (χ3v) is 3.25. The molecule has 3 heteroatoms. The third kappa shape index (κ3) is 4.76. The van der Waals surface area contributed by atoms with Crippen molar-refractivity contribution in [3.8, 4) is 0 Å². The maximum atomic E-state index is 5.20. The summed E-state index contributed by atoms with van der Waals surface area (Å²) in [4.78, 5) is 6.76. The van der Waals surface area contributed by atoms with Gasteiger partial charge in [-0.15, -0.1) is 0 Å². The Morgan fingerprint density at radius 3 is 2.50 bits per heavy atom. The van der Waals surface area contributed by atoms with E-state index in [2.05, 4.69) is 47.1 Å². The van der Waals surface area contributed by atoms with Crippen molar-refractivity contribution in [1.29, 1.82) is 0 Å². The molecule has 0 amide bonds. The molecule has 0 bridgehead atoms. The minimum Gasteiger partial charge on any atom is -0.383 e. The quantitative estimate of drug-likeness (QED) is 0.773. The summed E-state index contributed by atoms with van der Waals surface area (Å²) < 4.78 is 5.20. The van der Waals surface area contributed by atoms with Gasteiger partial charge < -0.3 is 4.74 Å². The van der Waals surface area contributed by atoms with E-state index in [0.717, 1.165) is 31.9 Å². The van der Waals surface area contributed by atoms with E-state index >= 15 is 0 Å². The van der Waals surface area contributed by atoms with Gasteiger partial charge in [-0.1, -0.05) is 35.9 Å². The van der Waals surface area contributed by atoms with Crippen LogP contribution in [0.3, 0.4) is 0 Å². The van der Waals surface area contributed by atoms with Gasteiger partial charge in [-0.25, -0.2) is 0 Å². The second kappa shape index (κ2) is 7.78. The number of hydrogen-bond donors (Lipinski definition) is 0. The normalized spacial score (nSPS) is 10.9. The summed E-state index contributed by atoms with van der Waals surface area (Å²) in [7, 11) is 1.74. The molecule has 2 aromatic rings. The molecule has 1 heterocycles. The zero-order valence-electron chi connectivity index (χ0n) is 12.2. The average molecular weight is 270 g/mol. The molecule has 0 saturated heterocycles. The molecule has 0 fully saturated rings. The fourth-order valence-electron chi connectivity index (χ4n) is 2.11. The lowest BCUT2D eigenvalue weighted by atomic mass is 10.1. The first-order valence-corrected chi connectivity index (χ1v) is 6.94. The Labute approximate surface area is 121 Å². The highest BCUT2D eigenvalue weighted by atomic mass is 16.5. The van der Waals surface area contributed by atoms with Gasteiger partial charge in [0.05, 0.1) is 12.3 Å². The molecular weight excluding hydrogens is 248 g/mol. The van der Waals surface area contributed by atoms with Crippen LogP contribution in [-0.2, 0) is 17.8 Å². The monoisotopic (exact) mass is 270 g/mol. The first-order chi connectivity index (χ1) is 9.78. The number of rotatable bonds is 7. The van der Waals surface area contributed by atoms with Crippen molar-refractivity contribution in [2.24, 2.45) is 0 Å². The van der Waals surface area contributed by atoms with Crippen LogP contribution in [0.25, 0.3) is 0 Å². The molecule has 0 aliphatic carbocycles. The molecule has 1 aromatic heterocycles. The first kappa shape index (κ1) is 14.7. The van der Waals surface area contributed by atoms with Crippen LogP contribution in [0.15, 0.2) is 48.7 Å². The number of nitrogens with zero attached hydrogens (tertiary/aromatic N) is 2. The molecule has 0 aliphatic rings. The fourth-order valence-corrected chi connectivity index (χ4v) is 2.11. The van der Waals surface area contributed by atoms with E-state index in [-0.39, 0.29) is 0 Å². The zero-order valence-corrected chi connectivity index (χ0v) is 12.2. The molecule has 0 saturated carbocycles. The van der Waals surface area contributed by atoms with E-state index in [0.29, 0.717) is 0 Å². The lowest BCUT2D eigenvalue weighted by Crippen LogP contribution is -2.27. The Morgan fingerprint density at radius 2 is 1.85 bits per heavy atom. The molecule has 106 valence electrons. The summed E-state index contributed by atoms with van der Waals surface area (Å²) in [6, 6.07) is 14.7. The average Bonchev–Trinajstić information content (AvgIpc) is 2.48. The van der Waals surface area contributed by atoms with Crippen LogP contribution in [0.5, 0.6) is 0 Å². The summed E-state index contributed by atoms with van der Waals surface area (Å²) in [5, 5.41) is 0. The van der Waals surface area contributed by atoms with Gasteiger partial charge in [0, 0.05) is 32.9 Å². The molecule has 0 unspecified atom stereocenters. The van der Waals surface area contributed by atoms with Gasteiger partial charge in [0.2, 0.25) is 0 Å². The molecule has 0 N–H and O–H groups in total. The standard InChI is InChI=1S/C17H22N2O/c1-15-6-8-16(9-7-15)13-19(11-12-20-2)14-17-5-3-4-10-18-17/h3-10H,11-14H2,1-2H3. The van der Waals surface area contributed by atoms with E-state index in [1.165, 1.54) is 11.1 Å². The second-order valence-corrected chi connectivity index (χ2v) is 5.01. The SMILES string of the molecule is COCCN(Cc1ccc(C)cc1)Cc1ccccn1. The van der Waals surface area contributed by atoms with Gasteiger partial charge >= 0.3 is 0 Å². The highest BCUT2D eigenvalue weighted by molar-refractivity contribution is 5.21. The van der Waals surface area contributed by atoms with Gasteiger partial charge in [0.15, 0.2) is 0 Å². The van der Waals surface area contributed by atoms with Crippen molar-refractivity contribution in [3.63, 3.8) is 0 Å². The Balaban J connectivity index is 2.01. The fraction of sp³-hybridized carbons (Fsp3) is 0.353. The summed E-state index contributed by atoms with van der Waals surface area (Å²) in [5.74, 6) is 0. The van der Waals surface area contributed by atoms with Gasteiger partial charge in [-0.05, 0) is 24.6 Å². The number of methoxy groups -OCH3 is 1. The van der Waals surface area contributed by atoms with Crippen molar-refractivity contribution < 1.29 is 4.74 Å². The predicted octanol–water partition coefficient (Wildman–Crippen LogP) is 3.04. The minimum atomic E-state index is 0.735. The molecule has 3 nitrogen and oxygen atoms in total. The van der Waals surface area contributed by atoms with Crippen LogP contribution in [0.4, 0.5) is 0 Å². The maximum Gasteiger partial charge on any atom is 0.0589 e. The van der Waals surface area contributed by atoms with E-state index in [4.69, 9.17) is 4.74 Å². The predicted molar refractivity (Wildman–Crippen MR) is 81.4 cm³/mol. The maximum absolute atomic E-state index is 5.20. The molecule has 0 atom stereocenters. The number of hydrogen-bond acceptors (Lipinski definition) is 3. The molecule has 1 aromatic carbocycles. The lowest BCUT2D eigenvalue weighted by Gasteiger charge is -2.21. The van der Waals surface area contributed by atoms with Crippen LogP contribution >= 0.6 is 0 Å². The Morgan fingerprint density at radius 1 is 1.05 bits per heavy atom. The molecule has 0 radical (unpaired) electrons. The van der Waals surface area contributed by atoms with E-state index in [1.807, 2.05) is 18.3 Å². The van der Waals surface area contributed by atoms with Crippen molar-refractivity contribution in [2.75, 3.05) is 20.3 Å². The van der Waals surface area contributed by atoms with Crippen LogP contribution < -0.4 is 0 Å². The first-order valence-electron chi connectivity index (χ1n) is 6.94. The highest BCUT2D eigenvalue weighted by Gasteiger charge is 2.07. The molecule has 0 spiro atoms. The van der Waals surface area contributed by atoms with Crippen molar-refractivity contribution in [2.45, 2.75) is 20.0 Å². The zero-order chi connectivity index (χ0) is 14.2. The Hall–Kier alpha value is -1.71. The van der Waals surface area contributed by atoms with E-state index in [9.17, 15) is 0 Å². The van der Waals surface area contributed by atoms with Crippen LogP contribution in [0.1, 0.15) is 16.8 Å². The van der Waals surface area contributed by atoms with Crippen molar-refractivity contribution in [1.82, 2.24) is 9.88 Å². The van der Waals surface area contributed by atoms with Crippen LogP contribution in [0.2, 0.25) is 0 Å². The number of aromatic nitrogens is 1. The molecule has 2 rings (SSSR count). The van der Waals surface area contributed by atoms with Gasteiger partial charge in [0.1, 0.15) is 0 Å². The Bertz CT molecular complexity index is 496. The summed E-state index contributed by atoms with van der Waals surface area (Å²) in [6.07, 6.45) is 1.84. The summed E-state index contributed by atoms with van der Waals surface area (Å²) in [6.45, 7) is 5.51. The van der Waals surface area contributed by atoms with Crippen LogP contribution in [0, 0.1) is 6.92 Å². The highest BCUT2D eigenvalue weighted by Crippen LogP contribution is 2.09. The number of ether oxygens (including phenoxy) is 1. The van der Waals surface area contributed by atoms with Gasteiger partial charge in [0.25, 0.3) is 0 Å². The topological polar surface area (TPSA) is 25.4 Å². The Kier molecular flexibility index (Phi) is 5.71. The number of aryl methyl sites for hydroxylation is 1. The lowest BCUT2D eigenvalue weighted by molar-refractivity contribution is 0.139. The summed E-state index contributed by atoms with van der Waals surface area (Å²) >= 11 is 0. The number of pyridine rings is 1. The van der Waals surface area contributed by atoms with E-state index < -0.39 is 0 Å². The molecule has 20 heavy (non-hydrogen) atoms. The third-order valence-electron chi connectivity index (χ3n) is 3.25. The second-order valence-electron chi connectivity index (χ2n) is 5.01. The molecule has 0 aliphatic heterocycles. The van der Waals surface area contributed by atoms with Crippen molar-refractivity contribution in [3.05, 3.63) is 65.5 Å². The minimum absolute atomic E-state index is 0.735. The molecular formula is C17H22N2O. The van der Waals surface area contributed by atoms with Crippen LogP contribution in [-0.4, -0.2) is 30.1 Å². The summed E-state index contributed by atoms with van der Waals surface area (Å²) in [5.41, 5.74) is 3.71. The largest absolute Gasteiger partial charge is 0.383 e. The van der Waals surface area contributed by atoms with E-state index in [1.54, 1.807) is 7.11 Å².